The molecule has 2 nitrogen and oxygen atoms in total. The van der Waals surface area contributed by atoms with Crippen LogP contribution < -0.4 is 5.32 Å². The average molecular weight is 369 g/mol. The van der Waals surface area contributed by atoms with Crippen molar-refractivity contribution in [2.45, 2.75) is 36.7 Å². The number of benzene rings is 1. The molecule has 1 aromatic carbocycles. The molecule has 0 aliphatic carbocycles. The first kappa shape index (κ1) is 20.6. The van der Waals surface area contributed by atoms with E-state index in [0.29, 0.717) is 10.8 Å². The fraction of sp³-hybridized carbons (Fsp3) is 0.625. The van der Waals surface area contributed by atoms with Crippen LogP contribution in [0.5, 0.6) is 0 Å². The maximum Gasteiger partial charge on any atom is 0.446 e. The van der Waals surface area contributed by atoms with Gasteiger partial charge in [0.1, 0.15) is 0 Å². The van der Waals surface area contributed by atoms with Gasteiger partial charge in [-0.05, 0) is 35.7 Å². The van der Waals surface area contributed by atoms with Gasteiger partial charge < -0.3 is 5.32 Å². The van der Waals surface area contributed by atoms with Gasteiger partial charge in [0, 0.05) is 37.1 Å². The van der Waals surface area contributed by atoms with Crippen LogP contribution in [0.4, 0.5) is 13.2 Å². The summed E-state index contributed by atoms with van der Waals surface area (Å²) < 4.78 is 38.5. The van der Waals surface area contributed by atoms with E-state index in [1.165, 1.54) is 0 Å². The highest BCUT2D eigenvalue weighted by Gasteiger charge is 2.32. The second-order valence-electron chi connectivity index (χ2n) is 6.02. The van der Waals surface area contributed by atoms with E-state index < -0.39 is 5.51 Å². The third-order valence-corrected chi connectivity index (χ3v) is 4.61. The first-order chi connectivity index (χ1) is 10.4. The lowest BCUT2D eigenvalue weighted by molar-refractivity contribution is -0.0328. The molecule has 1 saturated heterocycles. The first-order valence-electron chi connectivity index (χ1n) is 7.66. The van der Waals surface area contributed by atoms with Gasteiger partial charge in [-0.15, -0.1) is 12.4 Å². The van der Waals surface area contributed by atoms with Crippen molar-refractivity contribution in [2.24, 2.45) is 5.92 Å². The van der Waals surface area contributed by atoms with Crippen LogP contribution in [0.1, 0.15) is 31.9 Å². The summed E-state index contributed by atoms with van der Waals surface area (Å²) in [5.74, 6) is 0.434. The highest BCUT2D eigenvalue weighted by molar-refractivity contribution is 8.00. The summed E-state index contributed by atoms with van der Waals surface area (Å²) in [5, 5.41) is 3.30. The lowest BCUT2D eigenvalue weighted by Crippen LogP contribution is -2.45. The molecular weight excluding hydrogens is 345 g/mol. The SMILES string of the molecule is CC(C)C[C@@H](c1ccccc1SC(F)(F)F)N1CCNCC1.Cl. The van der Waals surface area contributed by atoms with Gasteiger partial charge in [-0.1, -0.05) is 32.0 Å². The fourth-order valence-electron chi connectivity index (χ4n) is 2.89. The number of nitrogens with zero attached hydrogens (tertiary/aromatic N) is 1. The van der Waals surface area contributed by atoms with E-state index in [1.54, 1.807) is 12.1 Å². The Kier molecular flexibility index (Phi) is 8.21. The van der Waals surface area contributed by atoms with E-state index in [1.807, 2.05) is 12.1 Å². The van der Waals surface area contributed by atoms with Gasteiger partial charge >= 0.3 is 5.51 Å². The zero-order valence-electron chi connectivity index (χ0n) is 13.4. The smallest absolute Gasteiger partial charge is 0.314 e. The Bertz CT molecular complexity index is 477. The minimum absolute atomic E-state index is 0. The average Bonchev–Trinajstić information content (AvgIpc) is 2.45. The Morgan fingerprint density at radius 2 is 1.78 bits per heavy atom. The van der Waals surface area contributed by atoms with Crippen LogP contribution in [0, 0.1) is 5.92 Å². The number of nitrogens with one attached hydrogen (secondary N) is 1. The van der Waals surface area contributed by atoms with E-state index >= 15 is 0 Å². The largest absolute Gasteiger partial charge is 0.446 e. The van der Waals surface area contributed by atoms with Crippen LogP contribution in [0.15, 0.2) is 29.2 Å². The fourth-order valence-corrected chi connectivity index (χ4v) is 3.60. The Labute approximate surface area is 146 Å². The highest BCUT2D eigenvalue weighted by Crippen LogP contribution is 2.42. The molecule has 1 aliphatic heterocycles. The molecule has 0 saturated carbocycles. The monoisotopic (exact) mass is 368 g/mol. The molecule has 1 aliphatic rings. The maximum atomic E-state index is 12.8. The Hall–Kier alpha value is -0.430. The molecule has 132 valence electrons. The van der Waals surface area contributed by atoms with Crippen LogP contribution in [0.2, 0.25) is 0 Å². The van der Waals surface area contributed by atoms with Gasteiger partial charge in [-0.3, -0.25) is 4.90 Å². The van der Waals surface area contributed by atoms with Gasteiger partial charge in [0.25, 0.3) is 0 Å². The number of hydrogen-bond donors (Lipinski definition) is 1. The number of hydrogen-bond acceptors (Lipinski definition) is 3. The number of rotatable bonds is 5. The number of alkyl halides is 3. The van der Waals surface area contributed by atoms with Gasteiger partial charge in [0.15, 0.2) is 0 Å². The lowest BCUT2D eigenvalue weighted by atomic mass is 9.95. The summed E-state index contributed by atoms with van der Waals surface area (Å²) >= 11 is 0.00449. The number of halogens is 4. The van der Waals surface area contributed by atoms with Gasteiger partial charge in [-0.25, -0.2) is 0 Å². The predicted molar refractivity (Wildman–Crippen MR) is 92.2 cm³/mol. The Morgan fingerprint density at radius 3 is 2.35 bits per heavy atom. The molecular formula is C16H24ClF3N2S. The summed E-state index contributed by atoms with van der Waals surface area (Å²) in [6.07, 6.45) is 0.870. The minimum Gasteiger partial charge on any atom is -0.314 e. The zero-order chi connectivity index (χ0) is 16.2. The predicted octanol–water partition coefficient (Wildman–Crippen LogP) is 4.71. The van der Waals surface area contributed by atoms with Crippen molar-refractivity contribution in [3.63, 3.8) is 0 Å². The molecule has 0 unspecified atom stereocenters. The molecule has 1 heterocycles. The molecule has 0 amide bonds. The van der Waals surface area contributed by atoms with E-state index in [4.69, 9.17) is 0 Å². The molecule has 0 spiro atoms. The molecule has 1 atom stereocenters. The zero-order valence-corrected chi connectivity index (χ0v) is 15.0. The van der Waals surface area contributed by atoms with Crippen molar-refractivity contribution in [1.29, 1.82) is 0 Å². The molecule has 7 heteroatoms. The van der Waals surface area contributed by atoms with Crippen LogP contribution in [0.25, 0.3) is 0 Å². The van der Waals surface area contributed by atoms with Crippen LogP contribution in [-0.2, 0) is 0 Å². The molecule has 0 radical (unpaired) electrons. The van der Waals surface area contributed by atoms with Gasteiger partial charge in [0.2, 0.25) is 0 Å². The van der Waals surface area contributed by atoms with E-state index in [-0.39, 0.29) is 30.2 Å². The second-order valence-corrected chi connectivity index (χ2v) is 7.12. The van der Waals surface area contributed by atoms with Crippen LogP contribution in [0.3, 0.4) is 0 Å². The molecule has 23 heavy (non-hydrogen) atoms. The quantitative estimate of drug-likeness (QED) is 0.757. The topological polar surface area (TPSA) is 15.3 Å². The molecule has 0 bridgehead atoms. The standard InChI is InChI=1S/C16H23F3N2S.ClH/c1-12(2)11-14(21-9-7-20-8-10-21)13-5-3-4-6-15(13)22-16(17,18)19;/h3-6,12,14,20H,7-11H2,1-2H3;1H/t14-;/m0./s1. The molecule has 1 N–H and O–H groups in total. The lowest BCUT2D eigenvalue weighted by Gasteiger charge is -2.37. The Morgan fingerprint density at radius 1 is 1.17 bits per heavy atom. The van der Waals surface area contributed by atoms with Crippen molar-refractivity contribution < 1.29 is 13.2 Å². The third kappa shape index (κ3) is 6.53. The van der Waals surface area contributed by atoms with Gasteiger partial charge in [0.05, 0.1) is 0 Å². The van der Waals surface area contributed by atoms with E-state index in [9.17, 15) is 13.2 Å². The summed E-state index contributed by atoms with van der Waals surface area (Å²) in [5.41, 5.74) is -3.44. The first-order valence-corrected chi connectivity index (χ1v) is 8.48. The third-order valence-electron chi connectivity index (χ3n) is 3.79. The molecule has 1 aromatic rings. The molecule has 0 aromatic heterocycles. The summed E-state index contributed by atoms with van der Waals surface area (Å²) in [4.78, 5) is 2.64. The normalized spacial score (nSPS) is 17.8. The Balaban J connectivity index is 0.00000264. The summed E-state index contributed by atoms with van der Waals surface area (Å²) in [7, 11) is 0. The van der Waals surface area contributed by atoms with E-state index in [0.717, 1.165) is 38.2 Å². The van der Waals surface area contributed by atoms with Crippen molar-refractivity contribution in [1.82, 2.24) is 10.2 Å². The maximum absolute atomic E-state index is 12.8. The molecule has 2 rings (SSSR count). The number of piperazine rings is 1. The van der Waals surface area contributed by atoms with Crippen LogP contribution in [-0.4, -0.2) is 36.6 Å². The second kappa shape index (κ2) is 9.16. The van der Waals surface area contributed by atoms with Gasteiger partial charge in [-0.2, -0.15) is 13.2 Å². The van der Waals surface area contributed by atoms with Crippen molar-refractivity contribution >= 4 is 24.2 Å². The minimum atomic E-state index is -4.25. The number of thioether (sulfide) groups is 1. The highest BCUT2D eigenvalue weighted by atomic mass is 35.5. The molecule has 1 fully saturated rings. The van der Waals surface area contributed by atoms with Crippen LogP contribution >= 0.6 is 24.2 Å². The van der Waals surface area contributed by atoms with Crippen molar-refractivity contribution in [2.75, 3.05) is 26.2 Å². The summed E-state index contributed by atoms with van der Waals surface area (Å²) in [6.45, 7) is 7.78. The summed E-state index contributed by atoms with van der Waals surface area (Å²) in [6, 6.07) is 7.01. The van der Waals surface area contributed by atoms with E-state index in [2.05, 4.69) is 24.1 Å². The van der Waals surface area contributed by atoms with Crippen molar-refractivity contribution in [3.8, 4) is 0 Å². The van der Waals surface area contributed by atoms with Crippen molar-refractivity contribution in [3.05, 3.63) is 29.8 Å².